The van der Waals surface area contributed by atoms with Crippen molar-refractivity contribution >= 4 is 43.5 Å². The number of benzene rings is 3. The molecule has 0 aromatic heterocycles. The predicted octanol–water partition coefficient (Wildman–Crippen LogP) is 4.98. The number of sulfonamides is 1. The fourth-order valence-electron chi connectivity index (χ4n) is 3.71. The summed E-state index contributed by atoms with van der Waals surface area (Å²) >= 11 is 3.40. The van der Waals surface area contributed by atoms with E-state index in [2.05, 4.69) is 21.2 Å². The maximum atomic E-state index is 13.8. The van der Waals surface area contributed by atoms with E-state index in [1.54, 1.807) is 49.4 Å². The molecule has 0 aliphatic rings. The fourth-order valence-corrected chi connectivity index (χ4v) is 5.52. The van der Waals surface area contributed by atoms with Gasteiger partial charge >= 0.3 is 0 Å². The van der Waals surface area contributed by atoms with Crippen LogP contribution in [0.4, 0.5) is 5.69 Å². The first-order valence-corrected chi connectivity index (χ1v) is 14.3. The highest BCUT2D eigenvalue weighted by molar-refractivity contribution is 9.10. The summed E-state index contributed by atoms with van der Waals surface area (Å²) in [4.78, 5) is 28.3. The molecule has 2 unspecified atom stereocenters. The van der Waals surface area contributed by atoms with Crippen LogP contribution < -0.4 is 9.62 Å². The van der Waals surface area contributed by atoms with Gasteiger partial charge in [-0.15, -0.1) is 0 Å². The van der Waals surface area contributed by atoms with Crippen LogP contribution in [0.1, 0.15) is 32.8 Å². The third-order valence-electron chi connectivity index (χ3n) is 6.07. The molecule has 0 bridgehead atoms. The Hall–Kier alpha value is -3.17. The van der Waals surface area contributed by atoms with Crippen LogP contribution in [0, 0.1) is 0 Å². The molecular weight excluding hydrogens is 554 g/mol. The van der Waals surface area contributed by atoms with E-state index in [0.29, 0.717) is 10.2 Å². The summed E-state index contributed by atoms with van der Waals surface area (Å²) in [7, 11) is -4.08. The van der Waals surface area contributed by atoms with E-state index in [9.17, 15) is 18.0 Å². The van der Waals surface area contributed by atoms with E-state index in [4.69, 9.17) is 0 Å². The van der Waals surface area contributed by atoms with Crippen molar-refractivity contribution in [2.24, 2.45) is 0 Å². The highest BCUT2D eigenvalue weighted by Crippen LogP contribution is 2.27. The molecular formula is C28H32BrN3O4S. The van der Waals surface area contributed by atoms with Gasteiger partial charge in [-0.25, -0.2) is 8.42 Å². The summed E-state index contributed by atoms with van der Waals surface area (Å²) in [5.41, 5.74) is 1.17. The first-order valence-electron chi connectivity index (χ1n) is 12.1. The molecule has 0 saturated heterocycles. The van der Waals surface area contributed by atoms with Crippen molar-refractivity contribution in [3.05, 3.63) is 95.0 Å². The quantitative estimate of drug-likeness (QED) is 0.344. The Labute approximate surface area is 227 Å². The van der Waals surface area contributed by atoms with Crippen LogP contribution in [0.15, 0.2) is 94.3 Å². The third kappa shape index (κ3) is 7.42. The van der Waals surface area contributed by atoms with Gasteiger partial charge in [-0.2, -0.15) is 0 Å². The number of amides is 2. The van der Waals surface area contributed by atoms with E-state index in [1.807, 2.05) is 44.2 Å². The number of anilines is 1. The van der Waals surface area contributed by atoms with Crippen molar-refractivity contribution in [1.29, 1.82) is 0 Å². The van der Waals surface area contributed by atoms with Gasteiger partial charge in [0.2, 0.25) is 11.8 Å². The average Bonchev–Trinajstić information content (AvgIpc) is 2.90. The van der Waals surface area contributed by atoms with E-state index in [-0.39, 0.29) is 23.4 Å². The van der Waals surface area contributed by atoms with E-state index >= 15 is 0 Å². The van der Waals surface area contributed by atoms with Crippen molar-refractivity contribution < 1.29 is 18.0 Å². The zero-order chi connectivity index (χ0) is 27.0. The Morgan fingerprint density at radius 3 is 2.14 bits per heavy atom. The van der Waals surface area contributed by atoms with Gasteiger partial charge < -0.3 is 10.2 Å². The van der Waals surface area contributed by atoms with Gasteiger partial charge in [0.05, 0.1) is 10.6 Å². The Morgan fingerprint density at radius 2 is 1.54 bits per heavy atom. The van der Waals surface area contributed by atoms with Gasteiger partial charge in [0, 0.05) is 17.1 Å². The molecule has 2 amide bonds. The van der Waals surface area contributed by atoms with Gasteiger partial charge in [0.25, 0.3) is 10.0 Å². The lowest BCUT2D eigenvalue weighted by atomic mass is 10.1. The van der Waals surface area contributed by atoms with E-state index in [0.717, 1.165) is 16.3 Å². The maximum absolute atomic E-state index is 13.8. The summed E-state index contributed by atoms with van der Waals surface area (Å²) < 4.78 is 29.2. The summed E-state index contributed by atoms with van der Waals surface area (Å²) in [5, 5.41) is 2.93. The largest absolute Gasteiger partial charge is 0.352 e. The minimum atomic E-state index is -4.08. The van der Waals surface area contributed by atoms with Crippen molar-refractivity contribution in [3.8, 4) is 0 Å². The molecule has 0 heterocycles. The summed E-state index contributed by atoms with van der Waals surface area (Å²) in [6.07, 6.45) is 0.747. The molecule has 0 spiro atoms. The number of hydrogen-bond donors (Lipinski definition) is 1. The number of halogens is 1. The second-order valence-corrected chi connectivity index (χ2v) is 11.6. The Bertz CT molecular complexity index is 1300. The summed E-state index contributed by atoms with van der Waals surface area (Å²) in [5.74, 6) is -0.784. The molecule has 3 aromatic carbocycles. The molecule has 0 aliphatic heterocycles. The monoisotopic (exact) mass is 585 g/mol. The molecule has 1 N–H and O–H groups in total. The Kier molecular flexibility index (Phi) is 9.88. The zero-order valence-corrected chi connectivity index (χ0v) is 23.6. The van der Waals surface area contributed by atoms with Crippen LogP contribution in [0.2, 0.25) is 0 Å². The first kappa shape index (κ1) is 28.4. The van der Waals surface area contributed by atoms with Crippen molar-refractivity contribution in [3.63, 3.8) is 0 Å². The highest BCUT2D eigenvalue weighted by Gasteiger charge is 2.32. The standard InChI is InChI=1S/C28H32BrN3O4S/c1-4-21(2)30-28(34)22(3)31(19-23-12-7-5-8-13-23)27(33)20-32(25-15-11-14-24(29)18-25)37(35,36)26-16-9-6-10-17-26/h5-18,21-22H,4,19-20H2,1-3H3,(H,30,34). The van der Waals surface area contributed by atoms with Crippen LogP contribution in [0.5, 0.6) is 0 Å². The molecule has 3 rings (SSSR count). The van der Waals surface area contributed by atoms with Crippen molar-refractivity contribution in [2.45, 2.75) is 50.7 Å². The molecule has 0 aliphatic carbocycles. The number of rotatable bonds is 11. The number of nitrogens with one attached hydrogen (secondary N) is 1. The number of carbonyl (C=O) groups is 2. The lowest BCUT2D eigenvalue weighted by molar-refractivity contribution is -0.139. The summed E-state index contributed by atoms with van der Waals surface area (Å²) in [6.45, 7) is 5.21. The fraction of sp³-hybridized carbons (Fsp3) is 0.286. The topological polar surface area (TPSA) is 86.8 Å². The SMILES string of the molecule is CCC(C)NC(=O)C(C)N(Cc1ccccc1)C(=O)CN(c1cccc(Br)c1)S(=O)(=O)c1ccccc1. The zero-order valence-electron chi connectivity index (χ0n) is 21.2. The van der Waals surface area contributed by atoms with E-state index in [1.165, 1.54) is 17.0 Å². The predicted molar refractivity (Wildman–Crippen MR) is 149 cm³/mol. The van der Waals surface area contributed by atoms with Crippen molar-refractivity contribution in [2.75, 3.05) is 10.8 Å². The molecule has 2 atom stereocenters. The lowest BCUT2D eigenvalue weighted by Crippen LogP contribution is -2.52. The van der Waals surface area contributed by atoms with Gasteiger partial charge in [0.15, 0.2) is 0 Å². The third-order valence-corrected chi connectivity index (χ3v) is 8.35. The van der Waals surface area contributed by atoms with Gasteiger partial charge in [-0.05, 0) is 56.2 Å². The highest BCUT2D eigenvalue weighted by atomic mass is 79.9. The van der Waals surface area contributed by atoms with Gasteiger partial charge in [-0.3, -0.25) is 13.9 Å². The molecule has 0 fully saturated rings. The van der Waals surface area contributed by atoms with Crippen LogP contribution in [0.3, 0.4) is 0 Å². The second-order valence-electron chi connectivity index (χ2n) is 8.81. The minimum Gasteiger partial charge on any atom is -0.352 e. The second kappa shape index (κ2) is 12.9. The number of nitrogens with zero attached hydrogens (tertiary/aromatic N) is 2. The van der Waals surface area contributed by atoms with Crippen LogP contribution in [-0.2, 0) is 26.2 Å². The van der Waals surface area contributed by atoms with Crippen LogP contribution >= 0.6 is 15.9 Å². The molecule has 196 valence electrons. The van der Waals surface area contributed by atoms with E-state index < -0.39 is 28.5 Å². The normalized spacial score (nSPS) is 12.9. The maximum Gasteiger partial charge on any atom is 0.264 e. The molecule has 7 nitrogen and oxygen atoms in total. The Balaban J connectivity index is 2.00. The number of carbonyl (C=O) groups excluding carboxylic acids is 2. The van der Waals surface area contributed by atoms with Crippen LogP contribution in [-0.4, -0.2) is 43.8 Å². The molecule has 0 saturated carbocycles. The average molecular weight is 587 g/mol. The first-order chi connectivity index (χ1) is 17.6. The Morgan fingerprint density at radius 1 is 0.919 bits per heavy atom. The van der Waals surface area contributed by atoms with Gasteiger partial charge in [-0.1, -0.05) is 77.5 Å². The molecule has 0 radical (unpaired) electrons. The molecule has 37 heavy (non-hydrogen) atoms. The summed E-state index contributed by atoms with van der Waals surface area (Å²) in [6, 6.07) is 23.2. The number of hydrogen-bond acceptors (Lipinski definition) is 4. The molecule has 3 aromatic rings. The van der Waals surface area contributed by atoms with Gasteiger partial charge in [0.1, 0.15) is 12.6 Å². The molecule has 9 heteroatoms. The lowest BCUT2D eigenvalue weighted by Gasteiger charge is -2.32. The smallest absolute Gasteiger partial charge is 0.264 e. The van der Waals surface area contributed by atoms with Crippen LogP contribution in [0.25, 0.3) is 0 Å². The minimum absolute atomic E-state index is 0.0553. The van der Waals surface area contributed by atoms with Crippen molar-refractivity contribution in [1.82, 2.24) is 10.2 Å².